The maximum Gasteiger partial charge on any atom is 0.245 e. The minimum atomic E-state index is -0.122. The van der Waals surface area contributed by atoms with Crippen molar-refractivity contribution in [1.29, 1.82) is 0 Å². The van der Waals surface area contributed by atoms with Crippen LogP contribution in [-0.2, 0) is 4.79 Å². The van der Waals surface area contributed by atoms with Crippen LogP contribution in [0.15, 0.2) is 24.3 Å². The zero-order valence-corrected chi connectivity index (χ0v) is 11.7. The number of ether oxygens (including phenoxy) is 1. The van der Waals surface area contributed by atoms with Gasteiger partial charge in [0.05, 0.1) is 12.8 Å². The van der Waals surface area contributed by atoms with Gasteiger partial charge in [-0.1, -0.05) is 12.1 Å². The van der Waals surface area contributed by atoms with Gasteiger partial charge in [-0.25, -0.2) is 0 Å². The molecule has 0 saturated carbocycles. The molecule has 19 heavy (non-hydrogen) atoms. The number of benzene rings is 1. The van der Waals surface area contributed by atoms with E-state index in [1.54, 1.807) is 19.1 Å². The highest BCUT2D eigenvalue weighted by molar-refractivity contribution is 5.98. The van der Waals surface area contributed by atoms with Gasteiger partial charge >= 0.3 is 0 Å². The molecule has 1 aromatic carbocycles. The Kier molecular flexibility index (Phi) is 4.39. The van der Waals surface area contributed by atoms with E-state index in [-0.39, 0.29) is 11.9 Å². The van der Waals surface area contributed by atoms with Crippen molar-refractivity contribution in [2.45, 2.75) is 6.04 Å². The quantitative estimate of drug-likeness (QED) is 0.865. The number of carbonyl (C=O) groups excluding carboxylic acids is 1. The molecule has 1 aliphatic rings. The van der Waals surface area contributed by atoms with Gasteiger partial charge < -0.3 is 15.0 Å². The Morgan fingerprint density at radius 1 is 1.47 bits per heavy atom. The van der Waals surface area contributed by atoms with Crippen molar-refractivity contribution in [2.75, 3.05) is 45.7 Å². The topological polar surface area (TPSA) is 44.8 Å². The van der Waals surface area contributed by atoms with E-state index < -0.39 is 0 Å². The van der Waals surface area contributed by atoms with Crippen LogP contribution in [0.2, 0.25) is 0 Å². The number of para-hydroxylation sites is 2. The van der Waals surface area contributed by atoms with Gasteiger partial charge in [0.1, 0.15) is 11.8 Å². The third kappa shape index (κ3) is 2.88. The molecule has 0 radical (unpaired) electrons. The van der Waals surface area contributed by atoms with E-state index in [4.69, 9.17) is 4.74 Å². The van der Waals surface area contributed by atoms with Gasteiger partial charge in [-0.15, -0.1) is 0 Å². The number of likely N-dealkylation sites (N-methyl/N-ethyl adjacent to an activating group) is 2. The number of amides is 1. The molecular weight excluding hydrogens is 242 g/mol. The van der Waals surface area contributed by atoms with Crippen LogP contribution in [0.5, 0.6) is 5.75 Å². The SMILES string of the molecule is COc1ccccc1N(C)C(=O)C1CNCCN1C. The number of nitrogens with zero attached hydrogens (tertiary/aromatic N) is 2. The van der Waals surface area contributed by atoms with Crippen LogP contribution in [0.25, 0.3) is 0 Å². The molecule has 1 N–H and O–H groups in total. The fraction of sp³-hybridized carbons (Fsp3) is 0.500. The Balaban J connectivity index is 2.18. The Morgan fingerprint density at radius 2 is 2.21 bits per heavy atom. The first-order valence-corrected chi connectivity index (χ1v) is 6.46. The van der Waals surface area contributed by atoms with Crippen molar-refractivity contribution in [1.82, 2.24) is 10.2 Å². The molecule has 1 fully saturated rings. The minimum Gasteiger partial charge on any atom is -0.495 e. The average molecular weight is 263 g/mol. The highest BCUT2D eigenvalue weighted by Crippen LogP contribution is 2.27. The molecule has 0 aromatic heterocycles. The maximum absolute atomic E-state index is 12.6. The standard InChI is InChI=1S/C14H21N3O2/c1-16-9-8-15-10-12(16)14(18)17(2)11-6-4-5-7-13(11)19-3/h4-7,12,15H,8-10H2,1-3H3. The Morgan fingerprint density at radius 3 is 2.89 bits per heavy atom. The molecule has 1 heterocycles. The van der Waals surface area contributed by atoms with Gasteiger partial charge in [-0.05, 0) is 19.2 Å². The number of hydrogen-bond donors (Lipinski definition) is 1. The van der Waals surface area contributed by atoms with Gasteiger partial charge in [-0.2, -0.15) is 0 Å². The number of methoxy groups -OCH3 is 1. The molecule has 104 valence electrons. The van der Waals surface area contributed by atoms with Crippen LogP contribution < -0.4 is 15.0 Å². The molecule has 1 aliphatic heterocycles. The zero-order valence-electron chi connectivity index (χ0n) is 11.7. The highest BCUT2D eigenvalue weighted by Gasteiger charge is 2.29. The fourth-order valence-corrected chi connectivity index (χ4v) is 2.33. The molecule has 1 saturated heterocycles. The van der Waals surface area contributed by atoms with E-state index in [1.165, 1.54) is 0 Å². The Labute approximate surface area is 114 Å². The number of carbonyl (C=O) groups is 1. The van der Waals surface area contributed by atoms with Gasteiger partial charge in [0.15, 0.2) is 0 Å². The summed E-state index contributed by atoms with van der Waals surface area (Å²) in [6, 6.07) is 7.44. The highest BCUT2D eigenvalue weighted by atomic mass is 16.5. The van der Waals surface area contributed by atoms with Crippen molar-refractivity contribution in [3.05, 3.63) is 24.3 Å². The van der Waals surface area contributed by atoms with Crippen LogP contribution in [0.3, 0.4) is 0 Å². The predicted octanol–water partition coefficient (Wildman–Crippen LogP) is 0.562. The Hall–Kier alpha value is -1.59. The van der Waals surface area contributed by atoms with E-state index in [0.717, 1.165) is 18.8 Å². The predicted molar refractivity (Wildman–Crippen MR) is 75.7 cm³/mol. The summed E-state index contributed by atoms with van der Waals surface area (Å²) in [4.78, 5) is 16.3. The van der Waals surface area contributed by atoms with Crippen molar-refractivity contribution in [3.8, 4) is 5.75 Å². The summed E-state index contributed by atoms with van der Waals surface area (Å²) in [5, 5.41) is 3.26. The van der Waals surface area contributed by atoms with Gasteiger partial charge in [0.2, 0.25) is 5.91 Å². The molecule has 1 unspecified atom stereocenters. The van der Waals surface area contributed by atoms with Gasteiger partial charge in [0.25, 0.3) is 0 Å². The number of nitrogens with one attached hydrogen (secondary N) is 1. The smallest absolute Gasteiger partial charge is 0.245 e. The van der Waals surface area contributed by atoms with E-state index in [0.29, 0.717) is 12.3 Å². The zero-order chi connectivity index (χ0) is 13.8. The van der Waals surface area contributed by atoms with E-state index >= 15 is 0 Å². The number of rotatable bonds is 3. The molecule has 1 amide bonds. The summed E-state index contributed by atoms with van der Waals surface area (Å²) in [5.41, 5.74) is 0.800. The summed E-state index contributed by atoms with van der Waals surface area (Å²) in [6.45, 7) is 2.50. The number of hydrogen-bond acceptors (Lipinski definition) is 4. The minimum absolute atomic E-state index is 0.0826. The third-order valence-corrected chi connectivity index (χ3v) is 3.57. The lowest BCUT2D eigenvalue weighted by molar-refractivity contribution is -0.123. The molecule has 0 aliphatic carbocycles. The monoisotopic (exact) mass is 263 g/mol. The molecule has 5 heteroatoms. The first-order valence-electron chi connectivity index (χ1n) is 6.46. The summed E-state index contributed by atoms with van der Waals surface area (Å²) in [6.07, 6.45) is 0. The van der Waals surface area contributed by atoms with E-state index in [1.807, 2.05) is 31.3 Å². The second kappa shape index (κ2) is 6.04. The molecular formula is C14H21N3O2. The van der Waals surface area contributed by atoms with Crippen LogP contribution in [-0.4, -0.2) is 57.7 Å². The average Bonchev–Trinajstić information content (AvgIpc) is 2.46. The third-order valence-electron chi connectivity index (χ3n) is 3.57. The van der Waals surface area contributed by atoms with Crippen LogP contribution in [0, 0.1) is 0 Å². The lowest BCUT2D eigenvalue weighted by Gasteiger charge is -2.34. The van der Waals surface area contributed by atoms with Crippen LogP contribution >= 0.6 is 0 Å². The second-order valence-electron chi connectivity index (χ2n) is 4.77. The van der Waals surface area contributed by atoms with Crippen LogP contribution in [0.4, 0.5) is 5.69 Å². The molecule has 1 atom stereocenters. The first kappa shape index (κ1) is 13.8. The normalized spacial score (nSPS) is 20.1. The largest absolute Gasteiger partial charge is 0.495 e. The number of piperazine rings is 1. The van der Waals surface area contributed by atoms with Gasteiger partial charge in [-0.3, -0.25) is 9.69 Å². The molecule has 5 nitrogen and oxygen atoms in total. The molecule has 2 rings (SSSR count). The fourth-order valence-electron chi connectivity index (χ4n) is 2.33. The van der Waals surface area contributed by atoms with Crippen molar-refractivity contribution in [2.24, 2.45) is 0 Å². The van der Waals surface area contributed by atoms with Crippen molar-refractivity contribution in [3.63, 3.8) is 0 Å². The summed E-state index contributed by atoms with van der Waals surface area (Å²) in [7, 11) is 5.40. The molecule has 1 aromatic rings. The van der Waals surface area contributed by atoms with Crippen molar-refractivity contribution >= 4 is 11.6 Å². The lowest BCUT2D eigenvalue weighted by Crippen LogP contribution is -2.56. The summed E-state index contributed by atoms with van der Waals surface area (Å²) in [5.74, 6) is 0.795. The summed E-state index contributed by atoms with van der Waals surface area (Å²) >= 11 is 0. The molecule has 0 bridgehead atoms. The second-order valence-corrected chi connectivity index (χ2v) is 4.77. The van der Waals surface area contributed by atoms with Crippen LogP contribution in [0.1, 0.15) is 0 Å². The Bertz CT molecular complexity index is 450. The lowest BCUT2D eigenvalue weighted by atomic mass is 10.1. The van der Waals surface area contributed by atoms with E-state index in [9.17, 15) is 4.79 Å². The summed E-state index contributed by atoms with van der Waals surface area (Å²) < 4.78 is 5.31. The van der Waals surface area contributed by atoms with Gasteiger partial charge in [0, 0.05) is 26.7 Å². The van der Waals surface area contributed by atoms with Crippen molar-refractivity contribution < 1.29 is 9.53 Å². The van der Waals surface area contributed by atoms with E-state index in [2.05, 4.69) is 10.2 Å². The number of anilines is 1. The maximum atomic E-state index is 12.6. The first-order chi connectivity index (χ1) is 9.15. The molecule has 0 spiro atoms.